The van der Waals surface area contributed by atoms with Crippen molar-refractivity contribution < 1.29 is 33.6 Å². The Hall–Kier alpha value is -3.29. The van der Waals surface area contributed by atoms with Crippen molar-refractivity contribution in [3.63, 3.8) is 0 Å². The summed E-state index contributed by atoms with van der Waals surface area (Å²) in [5.74, 6) is -0.767. The molecular formula is C21H26N6O7. The Bertz CT molecular complexity index is 1030. The molecule has 4 atom stereocenters. The lowest BCUT2D eigenvalue weighted by atomic mass is 10.1. The van der Waals surface area contributed by atoms with E-state index in [9.17, 15) is 9.59 Å². The highest BCUT2D eigenvalue weighted by Crippen LogP contribution is 2.36. The fraction of sp³-hybridized carbons (Fsp3) is 0.571. The van der Waals surface area contributed by atoms with Gasteiger partial charge >= 0.3 is 12.0 Å². The number of hydrogen-bond donors (Lipinski definition) is 2. The Balaban J connectivity index is 1.24. The van der Waals surface area contributed by atoms with E-state index in [1.54, 1.807) is 4.68 Å². The number of carbonyl (C=O) groups excluding carboxylic acids is 1. The summed E-state index contributed by atoms with van der Waals surface area (Å²) in [7, 11) is 0. The number of anilines is 1. The standard InChI is InChI=1S/C21H26N6O7/c28-17(4-5-18(29)30)22-15-11-32-20-16(12-33-19(15)20)27-21(23-24-25-27)34-14-3-1-2-13(10-14)26-6-8-31-9-7-26/h1-3,10,15-16,19-20H,4-9,11-12H2,(H,22,28)(H,29,30)/t15-,16+,19-,20+/m0/s1. The molecule has 3 fully saturated rings. The van der Waals surface area contributed by atoms with Gasteiger partial charge in [-0.05, 0) is 22.6 Å². The Morgan fingerprint density at radius 3 is 2.79 bits per heavy atom. The largest absolute Gasteiger partial charge is 0.481 e. The number of carboxylic acids is 1. The van der Waals surface area contributed by atoms with Gasteiger partial charge in [-0.3, -0.25) is 9.59 Å². The fourth-order valence-corrected chi connectivity index (χ4v) is 4.44. The highest BCUT2D eigenvalue weighted by atomic mass is 16.6. The number of morpholine rings is 1. The van der Waals surface area contributed by atoms with Crippen LogP contribution in [0.15, 0.2) is 24.3 Å². The van der Waals surface area contributed by atoms with Crippen molar-refractivity contribution in [2.45, 2.75) is 37.1 Å². The van der Waals surface area contributed by atoms with Crippen LogP contribution in [0.25, 0.3) is 0 Å². The maximum Gasteiger partial charge on any atom is 0.341 e. The molecule has 2 aromatic rings. The molecule has 3 saturated heterocycles. The smallest absolute Gasteiger partial charge is 0.341 e. The van der Waals surface area contributed by atoms with Gasteiger partial charge in [0, 0.05) is 31.3 Å². The maximum absolute atomic E-state index is 12.0. The quantitative estimate of drug-likeness (QED) is 0.532. The first-order valence-electron chi connectivity index (χ1n) is 11.2. The molecule has 2 N–H and O–H groups in total. The van der Waals surface area contributed by atoms with E-state index in [2.05, 4.69) is 25.7 Å². The molecule has 34 heavy (non-hydrogen) atoms. The van der Waals surface area contributed by atoms with Crippen LogP contribution < -0.4 is 15.0 Å². The van der Waals surface area contributed by atoms with Crippen molar-refractivity contribution in [2.75, 3.05) is 44.4 Å². The molecule has 3 aliphatic rings. The first-order chi connectivity index (χ1) is 16.6. The van der Waals surface area contributed by atoms with Crippen LogP contribution in [-0.4, -0.2) is 95.0 Å². The van der Waals surface area contributed by atoms with E-state index >= 15 is 0 Å². The molecule has 0 radical (unpaired) electrons. The molecule has 0 unspecified atom stereocenters. The molecule has 0 saturated carbocycles. The fourth-order valence-electron chi connectivity index (χ4n) is 4.44. The van der Waals surface area contributed by atoms with Gasteiger partial charge in [-0.2, -0.15) is 4.68 Å². The molecule has 3 aliphatic heterocycles. The summed E-state index contributed by atoms with van der Waals surface area (Å²) >= 11 is 0. The molecule has 182 valence electrons. The van der Waals surface area contributed by atoms with E-state index in [1.165, 1.54) is 0 Å². The topological polar surface area (TPSA) is 150 Å². The summed E-state index contributed by atoms with van der Waals surface area (Å²) in [6.45, 7) is 3.55. The minimum Gasteiger partial charge on any atom is -0.481 e. The maximum atomic E-state index is 12.0. The predicted molar refractivity (Wildman–Crippen MR) is 115 cm³/mol. The molecule has 1 aromatic carbocycles. The van der Waals surface area contributed by atoms with Crippen molar-refractivity contribution in [1.29, 1.82) is 0 Å². The second kappa shape index (κ2) is 9.91. The SMILES string of the molecule is O=C(O)CCC(=O)N[C@H]1CO[C@H]2[C@H]1OC[C@H]2n1nnnc1Oc1cccc(N2CCOCC2)c1. The Morgan fingerprint density at radius 2 is 1.97 bits per heavy atom. The van der Waals surface area contributed by atoms with Crippen molar-refractivity contribution in [2.24, 2.45) is 0 Å². The van der Waals surface area contributed by atoms with Crippen molar-refractivity contribution in [1.82, 2.24) is 25.5 Å². The normalized spacial score (nSPS) is 26.3. The van der Waals surface area contributed by atoms with Crippen LogP contribution in [-0.2, 0) is 23.8 Å². The van der Waals surface area contributed by atoms with Crippen LogP contribution >= 0.6 is 0 Å². The van der Waals surface area contributed by atoms with E-state index in [0.717, 1.165) is 18.8 Å². The number of carboxylic acid groups (broad SMARTS) is 1. The highest BCUT2D eigenvalue weighted by Gasteiger charge is 2.50. The van der Waals surface area contributed by atoms with E-state index in [1.807, 2.05) is 24.3 Å². The second-order valence-corrected chi connectivity index (χ2v) is 8.34. The van der Waals surface area contributed by atoms with Gasteiger partial charge in [0.2, 0.25) is 5.91 Å². The van der Waals surface area contributed by atoms with Gasteiger partial charge in [0.15, 0.2) is 0 Å². The number of nitrogens with one attached hydrogen (secondary N) is 1. The van der Waals surface area contributed by atoms with Crippen LogP contribution in [0.5, 0.6) is 11.8 Å². The number of ether oxygens (including phenoxy) is 4. The van der Waals surface area contributed by atoms with E-state index in [4.69, 9.17) is 24.1 Å². The van der Waals surface area contributed by atoms with Crippen LogP contribution in [0.3, 0.4) is 0 Å². The van der Waals surface area contributed by atoms with Crippen LogP contribution in [0.4, 0.5) is 5.69 Å². The number of aromatic nitrogens is 4. The summed E-state index contributed by atoms with van der Waals surface area (Å²) in [5, 5.41) is 23.5. The average molecular weight is 474 g/mol. The zero-order valence-electron chi connectivity index (χ0n) is 18.4. The Kier molecular flexibility index (Phi) is 6.56. The summed E-state index contributed by atoms with van der Waals surface area (Å²) in [6, 6.07) is 7.22. The zero-order valence-corrected chi connectivity index (χ0v) is 18.4. The minimum atomic E-state index is -1.02. The van der Waals surface area contributed by atoms with Crippen molar-refractivity contribution in [3.8, 4) is 11.8 Å². The third-order valence-electron chi connectivity index (χ3n) is 6.12. The molecular weight excluding hydrogens is 448 g/mol. The number of nitrogens with zero attached hydrogens (tertiary/aromatic N) is 5. The lowest BCUT2D eigenvalue weighted by Gasteiger charge is -2.29. The highest BCUT2D eigenvalue weighted by molar-refractivity contribution is 5.80. The number of carbonyl (C=O) groups is 2. The second-order valence-electron chi connectivity index (χ2n) is 8.34. The number of tetrazole rings is 1. The molecule has 13 nitrogen and oxygen atoms in total. The number of fused-ring (bicyclic) bond motifs is 1. The van der Waals surface area contributed by atoms with Gasteiger partial charge in [0.05, 0.1) is 38.9 Å². The summed E-state index contributed by atoms with van der Waals surface area (Å²) in [6.07, 6.45) is -1.09. The van der Waals surface area contributed by atoms with E-state index < -0.39 is 5.97 Å². The summed E-state index contributed by atoms with van der Waals surface area (Å²) < 4.78 is 24.8. The summed E-state index contributed by atoms with van der Waals surface area (Å²) in [4.78, 5) is 25.0. The molecule has 0 aliphatic carbocycles. The summed E-state index contributed by atoms with van der Waals surface area (Å²) in [5.41, 5.74) is 1.03. The molecule has 5 rings (SSSR count). The number of benzene rings is 1. The first-order valence-corrected chi connectivity index (χ1v) is 11.2. The zero-order chi connectivity index (χ0) is 23.5. The minimum absolute atomic E-state index is 0.0961. The molecule has 4 heterocycles. The van der Waals surface area contributed by atoms with Gasteiger partial charge in [0.25, 0.3) is 0 Å². The Labute approximate surface area is 194 Å². The molecule has 0 spiro atoms. The van der Waals surface area contributed by atoms with Crippen LogP contribution in [0, 0.1) is 0 Å². The van der Waals surface area contributed by atoms with E-state index in [0.29, 0.717) is 19.0 Å². The number of hydrogen-bond acceptors (Lipinski definition) is 10. The van der Waals surface area contributed by atoms with Gasteiger partial charge in [0.1, 0.15) is 24.0 Å². The third-order valence-corrected chi connectivity index (χ3v) is 6.12. The molecule has 1 amide bonds. The van der Waals surface area contributed by atoms with Crippen molar-refractivity contribution >= 4 is 17.6 Å². The molecule has 1 aromatic heterocycles. The van der Waals surface area contributed by atoms with Crippen LogP contribution in [0.1, 0.15) is 18.9 Å². The number of rotatable bonds is 8. The molecule has 13 heteroatoms. The lowest BCUT2D eigenvalue weighted by Crippen LogP contribution is -2.44. The molecule has 0 bridgehead atoms. The first kappa shape index (κ1) is 22.5. The van der Waals surface area contributed by atoms with Gasteiger partial charge < -0.3 is 34.3 Å². The lowest BCUT2D eigenvalue weighted by molar-refractivity contribution is -0.139. The number of aliphatic carboxylic acids is 1. The van der Waals surface area contributed by atoms with E-state index in [-0.39, 0.29) is 62.3 Å². The third kappa shape index (κ3) is 4.81. The predicted octanol–water partition coefficient (Wildman–Crippen LogP) is -0.00970. The monoisotopic (exact) mass is 474 g/mol. The number of amides is 1. The van der Waals surface area contributed by atoms with Gasteiger partial charge in [-0.25, -0.2) is 0 Å². The van der Waals surface area contributed by atoms with Gasteiger partial charge in [-0.1, -0.05) is 11.2 Å². The van der Waals surface area contributed by atoms with Gasteiger partial charge in [-0.15, -0.1) is 0 Å². The van der Waals surface area contributed by atoms with Crippen molar-refractivity contribution in [3.05, 3.63) is 24.3 Å². The Morgan fingerprint density at radius 1 is 1.15 bits per heavy atom. The average Bonchev–Trinajstić information content (AvgIpc) is 3.56. The van der Waals surface area contributed by atoms with Crippen LogP contribution in [0.2, 0.25) is 0 Å².